The first-order valence-electron chi connectivity index (χ1n) is 9.93. The van der Waals surface area contributed by atoms with Gasteiger partial charge in [0.2, 0.25) is 0 Å². The summed E-state index contributed by atoms with van der Waals surface area (Å²) in [6.07, 6.45) is 2.32. The van der Waals surface area contributed by atoms with Gasteiger partial charge in [0.25, 0.3) is 5.91 Å². The molecule has 0 bridgehead atoms. The molecule has 4 heterocycles. The molecule has 0 saturated carbocycles. The van der Waals surface area contributed by atoms with Gasteiger partial charge < -0.3 is 9.64 Å². The molecule has 1 aliphatic heterocycles. The molecule has 9 heteroatoms. The van der Waals surface area contributed by atoms with Gasteiger partial charge in [0.1, 0.15) is 5.69 Å². The summed E-state index contributed by atoms with van der Waals surface area (Å²) >= 11 is 0. The van der Waals surface area contributed by atoms with Crippen molar-refractivity contribution in [3.63, 3.8) is 0 Å². The lowest BCUT2D eigenvalue weighted by Gasteiger charge is -2.27. The number of hydrogen-bond donors (Lipinski definition) is 0. The van der Waals surface area contributed by atoms with E-state index in [0.29, 0.717) is 31.7 Å². The maximum Gasteiger partial charge on any atom is 0.359 e. The number of ether oxygens (including phenoxy) is 1. The Balaban J connectivity index is 1.66. The van der Waals surface area contributed by atoms with Crippen molar-refractivity contribution in [2.45, 2.75) is 33.4 Å². The van der Waals surface area contributed by atoms with Gasteiger partial charge in [0.15, 0.2) is 5.69 Å². The normalized spacial score (nSPS) is 13.2. The van der Waals surface area contributed by atoms with Crippen LogP contribution < -0.4 is 0 Å². The second-order valence-corrected chi connectivity index (χ2v) is 7.24. The zero-order chi connectivity index (χ0) is 21.3. The number of hydrogen-bond acceptors (Lipinski definition) is 6. The van der Waals surface area contributed by atoms with Crippen molar-refractivity contribution in [3.05, 3.63) is 64.5 Å². The zero-order valence-corrected chi connectivity index (χ0v) is 17.3. The molecule has 1 aliphatic rings. The molecule has 4 rings (SSSR count). The number of carbonyl (C=O) groups is 2. The van der Waals surface area contributed by atoms with Gasteiger partial charge in [-0.25, -0.2) is 4.79 Å². The maximum atomic E-state index is 13.1. The molecule has 0 radical (unpaired) electrons. The molecule has 0 N–H and O–H groups in total. The minimum atomic E-state index is -0.473. The molecule has 9 nitrogen and oxygen atoms in total. The number of aryl methyl sites for hydroxylation is 2. The fourth-order valence-corrected chi connectivity index (χ4v) is 3.78. The van der Waals surface area contributed by atoms with Crippen LogP contribution in [0.15, 0.2) is 30.5 Å². The van der Waals surface area contributed by atoms with Gasteiger partial charge in [-0.1, -0.05) is 6.07 Å². The molecule has 0 atom stereocenters. The second-order valence-electron chi connectivity index (χ2n) is 7.24. The minimum Gasteiger partial charge on any atom is -0.461 e. The van der Waals surface area contributed by atoms with E-state index in [1.54, 1.807) is 40.5 Å². The van der Waals surface area contributed by atoms with Gasteiger partial charge in [-0.3, -0.25) is 19.1 Å². The van der Waals surface area contributed by atoms with Crippen molar-refractivity contribution in [3.8, 4) is 0 Å². The summed E-state index contributed by atoms with van der Waals surface area (Å²) < 4.78 is 8.61. The Morgan fingerprint density at radius 2 is 2.07 bits per heavy atom. The lowest BCUT2D eigenvalue weighted by atomic mass is 10.0. The molecule has 0 unspecified atom stereocenters. The summed E-state index contributed by atoms with van der Waals surface area (Å²) in [6.45, 7) is 5.16. The number of amides is 1. The van der Waals surface area contributed by atoms with Gasteiger partial charge in [0, 0.05) is 37.5 Å². The summed E-state index contributed by atoms with van der Waals surface area (Å²) in [5.41, 5.74) is 4.10. The topological polar surface area (TPSA) is 95.1 Å². The van der Waals surface area contributed by atoms with E-state index in [2.05, 4.69) is 15.2 Å². The Morgan fingerprint density at radius 3 is 2.73 bits per heavy atom. The molecular weight excluding hydrogens is 384 g/mol. The Morgan fingerprint density at radius 1 is 1.23 bits per heavy atom. The molecular formula is C21H24N6O3. The van der Waals surface area contributed by atoms with E-state index in [0.717, 1.165) is 22.6 Å². The molecule has 1 amide bonds. The number of esters is 1. The highest BCUT2D eigenvalue weighted by Gasteiger charge is 2.32. The average molecular weight is 408 g/mol. The van der Waals surface area contributed by atoms with Gasteiger partial charge in [-0.2, -0.15) is 10.2 Å². The molecule has 3 aromatic heterocycles. The molecule has 156 valence electrons. The Bertz CT molecular complexity index is 1090. The monoisotopic (exact) mass is 408 g/mol. The van der Waals surface area contributed by atoms with Crippen LogP contribution in [0.3, 0.4) is 0 Å². The average Bonchev–Trinajstić information content (AvgIpc) is 3.27. The fourth-order valence-electron chi connectivity index (χ4n) is 3.78. The van der Waals surface area contributed by atoms with Crippen LogP contribution in [-0.2, 0) is 31.3 Å². The maximum absolute atomic E-state index is 13.1. The highest BCUT2D eigenvalue weighted by atomic mass is 16.5. The summed E-state index contributed by atoms with van der Waals surface area (Å²) in [5.74, 6) is -0.588. The molecule has 0 fully saturated rings. The van der Waals surface area contributed by atoms with Crippen LogP contribution in [0.4, 0.5) is 0 Å². The van der Waals surface area contributed by atoms with Gasteiger partial charge in [-0.15, -0.1) is 0 Å². The van der Waals surface area contributed by atoms with Crippen molar-refractivity contribution < 1.29 is 14.3 Å². The van der Waals surface area contributed by atoms with E-state index in [-0.39, 0.29) is 18.2 Å². The van der Waals surface area contributed by atoms with Crippen LogP contribution in [0.1, 0.15) is 50.5 Å². The van der Waals surface area contributed by atoms with Crippen molar-refractivity contribution in [2.24, 2.45) is 7.05 Å². The minimum absolute atomic E-state index is 0.115. The van der Waals surface area contributed by atoms with E-state index < -0.39 is 5.97 Å². The number of rotatable bonds is 5. The van der Waals surface area contributed by atoms with Gasteiger partial charge >= 0.3 is 5.97 Å². The van der Waals surface area contributed by atoms with Crippen molar-refractivity contribution in [1.82, 2.24) is 29.4 Å². The van der Waals surface area contributed by atoms with Crippen LogP contribution >= 0.6 is 0 Å². The fraction of sp³-hybridized carbons (Fsp3) is 0.381. The molecule has 0 aliphatic carbocycles. The Hall–Kier alpha value is -3.49. The number of pyridine rings is 1. The second kappa shape index (κ2) is 8.10. The first-order chi connectivity index (χ1) is 14.5. The van der Waals surface area contributed by atoms with Crippen molar-refractivity contribution >= 4 is 11.9 Å². The van der Waals surface area contributed by atoms with Crippen LogP contribution in [0.2, 0.25) is 0 Å². The van der Waals surface area contributed by atoms with Crippen LogP contribution in [0.5, 0.6) is 0 Å². The highest BCUT2D eigenvalue weighted by molar-refractivity contribution is 5.93. The molecule has 0 saturated heterocycles. The smallest absolute Gasteiger partial charge is 0.359 e. The summed E-state index contributed by atoms with van der Waals surface area (Å²) in [7, 11) is 1.75. The summed E-state index contributed by atoms with van der Waals surface area (Å²) in [5, 5.41) is 8.80. The Labute approximate surface area is 174 Å². The first-order valence-corrected chi connectivity index (χ1v) is 9.93. The lowest BCUT2D eigenvalue weighted by Crippen LogP contribution is -2.37. The predicted octanol–water partition coefficient (Wildman–Crippen LogP) is 1.74. The number of fused-ring (bicyclic) bond motifs is 1. The van der Waals surface area contributed by atoms with Crippen LogP contribution in [0, 0.1) is 6.92 Å². The lowest BCUT2D eigenvalue weighted by molar-refractivity contribution is 0.0512. The largest absolute Gasteiger partial charge is 0.461 e. The molecule has 3 aromatic rings. The van der Waals surface area contributed by atoms with Crippen molar-refractivity contribution in [2.75, 3.05) is 13.2 Å². The number of nitrogens with zero attached hydrogens (tertiary/aromatic N) is 6. The zero-order valence-electron chi connectivity index (χ0n) is 17.3. The third kappa shape index (κ3) is 3.70. The molecule has 0 aromatic carbocycles. The first kappa shape index (κ1) is 19.8. The summed E-state index contributed by atoms with van der Waals surface area (Å²) in [6, 6.07) is 7.46. The highest BCUT2D eigenvalue weighted by Crippen LogP contribution is 2.25. The third-order valence-electron chi connectivity index (χ3n) is 5.15. The SMILES string of the molecule is CCOC(=O)c1nn(Cc2ccccn2)c2c1CN(C(=O)c1cc(C)nn1C)CC2. The van der Waals surface area contributed by atoms with E-state index in [1.165, 1.54) is 0 Å². The number of aromatic nitrogens is 5. The van der Waals surface area contributed by atoms with Crippen LogP contribution in [0.25, 0.3) is 0 Å². The van der Waals surface area contributed by atoms with Gasteiger partial charge in [-0.05, 0) is 32.0 Å². The van der Waals surface area contributed by atoms with Crippen molar-refractivity contribution in [1.29, 1.82) is 0 Å². The van der Waals surface area contributed by atoms with Crippen LogP contribution in [-0.4, -0.2) is 54.5 Å². The summed E-state index contributed by atoms with van der Waals surface area (Å²) in [4.78, 5) is 31.7. The third-order valence-corrected chi connectivity index (χ3v) is 5.15. The van der Waals surface area contributed by atoms with E-state index >= 15 is 0 Å². The standard InChI is InChI=1S/C21H24N6O3/c1-4-30-21(29)19-16-13-26(20(28)18-11-14(2)23-25(18)3)10-8-17(16)27(24-19)12-15-7-5-6-9-22-15/h5-7,9,11H,4,8,10,12-13H2,1-3H3. The van der Waals surface area contributed by atoms with E-state index in [9.17, 15) is 9.59 Å². The predicted molar refractivity (Wildman–Crippen MR) is 108 cm³/mol. The Kier molecular flexibility index (Phi) is 5.35. The molecule has 0 spiro atoms. The van der Waals surface area contributed by atoms with E-state index in [1.807, 2.05) is 25.1 Å². The van der Waals surface area contributed by atoms with Gasteiger partial charge in [0.05, 0.1) is 31.1 Å². The molecule has 30 heavy (non-hydrogen) atoms. The number of carbonyl (C=O) groups excluding carboxylic acids is 2. The quantitative estimate of drug-likeness (QED) is 0.597. The van der Waals surface area contributed by atoms with E-state index in [4.69, 9.17) is 4.74 Å².